The molecule has 56 heavy (non-hydrogen) atoms. The average Bonchev–Trinajstić information content (AvgIpc) is 3.56. The number of fused-ring (bicyclic) bond motifs is 5. The van der Waals surface area contributed by atoms with Crippen LogP contribution in [0.25, 0.3) is 54.1 Å². The Morgan fingerprint density at radius 3 is 1.18 bits per heavy atom. The first-order chi connectivity index (χ1) is 26.5. The topological polar surface area (TPSA) is 13.1 Å². The molecule has 0 bridgehead atoms. The third-order valence-corrected chi connectivity index (χ3v) is 38.5. The predicted octanol–water partition coefficient (Wildman–Crippen LogP) is 15.9. The first kappa shape index (κ1) is 42.4. The molecule has 294 valence electrons. The van der Waals surface area contributed by atoms with Crippen molar-refractivity contribution in [3.8, 4) is 22.9 Å². The van der Waals surface area contributed by atoms with Crippen molar-refractivity contribution in [3.63, 3.8) is 0 Å². The van der Waals surface area contributed by atoms with Gasteiger partial charge in [0.1, 0.15) is 0 Å². The van der Waals surface area contributed by atoms with Crippen LogP contribution >= 0.6 is 0 Å². The van der Waals surface area contributed by atoms with Crippen molar-refractivity contribution in [2.24, 2.45) is 0 Å². The summed E-state index contributed by atoms with van der Waals surface area (Å²) in [6.07, 6.45) is 0. The molecule has 1 aromatic heterocycles. The molecule has 0 saturated heterocycles. The summed E-state index contributed by atoms with van der Waals surface area (Å²) >= 11 is -2.29. The second-order valence-electron chi connectivity index (χ2n) is 18.9. The Balaban J connectivity index is 1.83. The second-order valence-corrected chi connectivity index (χ2v) is 40.9. The van der Waals surface area contributed by atoms with Crippen LogP contribution in [0.4, 0.5) is 0 Å². The first-order valence-electron chi connectivity index (χ1n) is 21.9. The van der Waals surface area contributed by atoms with Crippen molar-refractivity contribution in [3.05, 3.63) is 77.9 Å². The van der Waals surface area contributed by atoms with Crippen LogP contribution in [0.3, 0.4) is 0 Å². The zero-order valence-electron chi connectivity index (χ0n) is 37.3. The molecule has 6 rings (SSSR count). The van der Waals surface area contributed by atoms with E-state index in [1.165, 1.54) is 68.8 Å². The van der Waals surface area contributed by atoms with Gasteiger partial charge < -0.3 is 0 Å². The Labute approximate surface area is 344 Å². The van der Waals surface area contributed by atoms with Crippen molar-refractivity contribution in [1.29, 1.82) is 0 Å². The van der Waals surface area contributed by atoms with Gasteiger partial charge in [0.05, 0.1) is 0 Å². The fraction of sp³-hybridized carbons (Fsp3) is 0.462. The summed E-state index contributed by atoms with van der Waals surface area (Å²) in [5, 5.41) is 14.9. The van der Waals surface area contributed by atoms with E-state index in [1.54, 1.807) is 0 Å². The predicted molar refractivity (Wildman–Crippen MR) is 259 cm³/mol. The van der Waals surface area contributed by atoms with Gasteiger partial charge in [-0.25, -0.2) is 0 Å². The molecule has 0 radical (unpaired) electrons. The fourth-order valence-corrected chi connectivity index (χ4v) is 28.6. The molecule has 1 heterocycles. The summed E-state index contributed by atoms with van der Waals surface area (Å²) < 4.78 is 8.16. The minimum atomic E-state index is -2.29. The molecular weight excluding hydrogens is 769 g/mol. The molecule has 5 aromatic carbocycles. The van der Waals surface area contributed by atoms with Gasteiger partial charge in [-0.1, -0.05) is 95.2 Å². The van der Waals surface area contributed by atoms with Gasteiger partial charge in [0.2, 0.25) is 0 Å². The van der Waals surface area contributed by atoms with Crippen LogP contribution in [-0.4, -0.2) is 29.4 Å². The van der Waals surface area contributed by atoms with Crippen LogP contribution in [0.1, 0.15) is 115 Å². The summed E-state index contributed by atoms with van der Waals surface area (Å²) in [7, 11) is -4.08. The van der Waals surface area contributed by atoms with Crippen molar-refractivity contribution in [2.45, 2.75) is 153 Å². The molecule has 0 aliphatic rings. The van der Waals surface area contributed by atoms with Gasteiger partial charge in [-0.2, -0.15) is 0 Å². The molecule has 4 heteroatoms. The molecular formula is C52H68GeOSi2. The van der Waals surface area contributed by atoms with E-state index < -0.39 is 29.4 Å². The second kappa shape index (κ2) is 16.2. The van der Waals surface area contributed by atoms with E-state index in [0.717, 1.165) is 16.7 Å². The quantitative estimate of drug-likeness (QED) is 0.0761. The van der Waals surface area contributed by atoms with Crippen molar-refractivity contribution >= 4 is 88.1 Å². The molecule has 0 fully saturated rings. The molecule has 0 aliphatic heterocycles. The number of hydrogen-bond acceptors (Lipinski definition) is 1. The standard InChI is InChI=1S/C52H68GeOSi2/c1-16-53(17-2,18-3)52-33-44-27-42-30-49-45(23-25-55(34(4)5,35(6)7)36(8)9)47-28-40-21-19-20-22-41(40)29-48(47)46(50(49)31-43(42)32-51(44)54-52)24-26-56(37(10)11,38(12)13)39(14)15/h19-22,27-39H,16-18H2,1-15H3. The van der Waals surface area contributed by atoms with Gasteiger partial charge in [-0.15, -0.1) is 0 Å². The van der Waals surface area contributed by atoms with E-state index in [2.05, 4.69) is 194 Å². The van der Waals surface area contributed by atoms with E-state index in [4.69, 9.17) is 4.42 Å². The SMILES string of the molecule is C[CH2][Ge]([CH2]C)([CH2]C)[c]1cc2cc3cc4c(C#C[Si](C(C)C)(C(C)C)C(C)C)c5cc6ccccc6cc5c(C#C[Si](C(C)C)(C(C)C)C(C)C)c4cc3cc2o1. The van der Waals surface area contributed by atoms with Crippen LogP contribution in [0.2, 0.25) is 49.0 Å². The normalized spacial score (nSPS) is 13.1. The maximum atomic E-state index is 6.86. The molecule has 0 amide bonds. The molecule has 0 atom stereocenters. The Kier molecular flexibility index (Phi) is 12.3. The summed E-state index contributed by atoms with van der Waals surface area (Å²) in [4.78, 5) is 0. The van der Waals surface area contributed by atoms with Crippen LogP contribution in [0.15, 0.2) is 71.1 Å². The molecule has 0 spiro atoms. The van der Waals surface area contributed by atoms with Crippen LogP contribution in [-0.2, 0) is 0 Å². The van der Waals surface area contributed by atoms with Gasteiger partial charge in [-0.05, 0) is 0 Å². The maximum absolute atomic E-state index is 6.86. The number of furan rings is 1. The Morgan fingerprint density at radius 2 is 0.821 bits per heavy atom. The molecule has 6 aromatic rings. The summed E-state index contributed by atoms with van der Waals surface area (Å²) in [6, 6.07) is 25.7. The van der Waals surface area contributed by atoms with Crippen molar-refractivity contribution < 1.29 is 4.42 Å². The van der Waals surface area contributed by atoms with Gasteiger partial charge in [0.25, 0.3) is 0 Å². The molecule has 0 unspecified atom stereocenters. The summed E-state index contributed by atoms with van der Waals surface area (Å²) in [5.74, 6) is 8.08. The van der Waals surface area contributed by atoms with E-state index >= 15 is 0 Å². The van der Waals surface area contributed by atoms with E-state index in [0.29, 0.717) is 33.2 Å². The van der Waals surface area contributed by atoms with Crippen LogP contribution in [0, 0.1) is 22.9 Å². The first-order valence-corrected chi connectivity index (χ1v) is 31.8. The van der Waals surface area contributed by atoms with Crippen molar-refractivity contribution in [1.82, 2.24) is 0 Å². The van der Waals surface area contributed by atoms with Crippen LogP contribution < -0.4 is 4.59 Å². The third-order valence-electron chi connectivity index (χ3n) is 14.7. The summed E-state index contributed by atoms with van der Waals surface area (Å²) in [6.45, 7) is 36.2. The average molecular weight is 838 g/mol. The third kappa shape index (κ3) is 6.93. The number of hydrogen-bond donors (Lipinski definition) is 0. The van der Waals surface area contributed by atoms with E-state index in [1.807, 2.05) is 0 Å². The zero-order chi connectivity index (χ0) is 40.9. The molecule has 1 nitrogen and oxygen atoms in total. The monoisotopic (exact) mass is 838 g/mol. The number of rotatable bonds is 10. The van der Waals surface area contributed by atoms with Gasteiger partial charge in [0, 0.05) is 0 Å². The van der Waals surface area contributed by atoms with Crippen molar-refractivity contribution in [2.75, 3.05) is 0 Å². The summed E-state index contributed by atoms with van der Waals surface area (Å²) in [5.41, 5.74) is 15.0. The minimum absolute atomic E-state index is 0.549. The molecule has 0 aliphatic carbocycles. The van der Waals surface area contributed by atoms with Gasteiger partial charge in [0.15, 0.2) is 0 Å². The van der Waals surface area contributed by atoms with Gasteiger partial charge >= 0.3 is 251 Å². The van der Waals surface area contributed by atoms with E-state index in [9.17, 15) is 0 Å². The Hall–Kier alpha value is -3.22. The molecule has 0 N–H and O–H groups in total. The number of benzene rings is 5. The van der Waals surface area contributed by atoms with E-state index in [-0.39, 0.29) is 0 Å². The van der Waals surface area contributed by atoms with Crippen LogP contribution in [0.5, 0.6) is 0 Å². The Bertz CT molecular complexity index is 2320. The Morgan fingerprint density at radius 1 is 0.464 bits per heavy atom. The fourth-order valence-electron chi connectivity index (χ4n) is 11.2. The molecule has 0 saturated carbocycles. The van der Waals surface area contributed by atoms with Gasteiger partial charge in [-0.3, -0.25) is 0 Å². The zero-order valence-corrected chi connectivity index (χ0v) is 41.4.